The molecule has 0 aliphatic heterocycles. The fourth-order valence-electron chi connectivity index (χ4n) is 0.922. The molecule has 0 aliphatic carbocycles. The second-order valence-corrected chi connectivity index (χ2v) is 4.67. The van der Waals surface area contributed by atoms with Crippen LogP contribution in [0.3, 0.4) is 0 Å². The maximum atomic E-state index is 10.8. The Morgan fingerprint density at radius 3 is 2.86 bits per heavy atom. The van der Waals surface area contributed by atoms with Gasteiger partial charge in [0.05, 0.1) is 0 Å². The summed E-state index contributed by atoms with van der Waals surface area (Å²) in [5.74, 6) is 1.27. The second kappa shape index (κ2) is 5.93. The van der Waals surface area contributed by atoms with Gasteiger partial charge >= 0.3 is 0 Å². The molecule has 0 saturated heterocycles. The first-order chi connectivity index (χ1) is 6.70. The highest BCUT2D eigenvalue weighted by atomic mass is 35.5. The minimum Gasteiger partial charge on any atom is -0.367 e. The van der Waals surface area contributed by atoms with Crippen LogP contribution in [-0.4, -0.2) is 32.7 Å². The van der Waals surface area contributed by atoms with E-state index in [0.29, 0.717) is 23.3 Å². The summed E-state index contributed by atoms with van der Waals surface area (Å²) < 4.78 is 10.8. The zero-order chi connectivity index (χ0) is 10.4. The van der Waals surface area contributed by atoms with Crippen LogP contribution in [0.15, 0.2) is 12.4 Å². The highest BCUT2D eigenvalue weighted by molar-refractivity contribution is 7.84. The molecular weight excluding hydrogens is 222 g/mol. The van der Waals surface area contributed by atoms with E-state index in [2.05, 4.69) is 15.3 Å². The van der Waals surface area contributed by atoms with Crippen molar-refractivity contribution in [1.29, 1.82) is 0 Å². The molecule has 1 rings (SSSR count). The Morgan fingerprint density at radius 2 is 2.21 bits per heavy atom. The van der Waals surface area contributed by atoms with Gasteiger partial charge in [-0.05, 0) is 6.42 Å². The van der Waals surface area contributed by atoms with Crippen molar-refractivity contribution in [2.45, 2.75) is 6.42 Å². The van der Waals surface area contributed by atoms with Crippen molar-refractivity contribution in [1.82, 2.24) is 9.97 Å². The van der Waals surface area contributed by atoms with Crippen molar-refractivity contribution in [2.24, 2.45) is 0 Å². The summed E-state index contributed by atoms with van der Waals surface area (Å²) in [6, 6.07) is 0. The van der Waals surface area contributed by atoms with Gasteiger partial charge in [-0.15, -0.1) is 0 Å². The fraction of sp³-hybridized carbons (Fsp3) is 0.500. The average molecular weight is 234 g/mol. The van der Waals surface area contributed by atoms with E-state index in [0.717, 1.165) is 6.42 Å². The number of halogens is 1. The fourth-order valence-corrected chi connectivity index (χ4v) is 1.64. The molecule has 6 heteroatoms. The predicted molar refractivity (Wildman–Crippen MR) is 59.1 cm³/mol. The van der Waals surface area contributed by atoms with Crippen LogP contribution < -0.4 is 5.32 Å². The van der Waals surface area contributed by atoms with Crippen molar-refractivity contribution in [3.8, 4) is 0 Å². The van der Waals surface area contributed by atoms with Crippen LogP contribution in [0.4, 0.5) is 5.82 Å². The highest BCUT2D eigenvalue weighted by Crippen LogP contribution is 2.13. The maximum absolute atomic E-state index is 10.8. The average Bonchev–Trinajstić information content (AvgIpc) is 2.15. The number of hydrogen-bond donors (Lipinski definition) is 1. The number of anilines is 1. The Hall–Kier alpha value is -0.680. The summed E-state index contributed by atoms with van der Waals surface area (Å²) >= 11 is 5.77. The molecule has 78 valence electrons. The van der Waals surface area contributed by atoms with E-state index >= 15 is 0 Å². The first kappa shape index (κ1) is 11.4. The lowest BCUT2D eigenvalue weighted by Crippen LogP contribution is -2.07. The lowest BCUT2D eigenvalue weighted by Gasteiger charge is -2.04. The van der Waals surface area contributed by atoms with Crippen molar-refractivity contribution in [2.75, 3.05) is 23.9 Å². The SMILES string of the molecule is CS(=O)CCCNc1nccnc1Cl. The van der Waals surface area contributed by atoms with Crippen molar-refractivity contribution >= 4 is 28.2 Å². The first-order valence-electron chi connectivity index (χ1n) is 4.20. The molecule has 0 aliphatic rings. The Balaban J connectivity index is 2.31. The van der Waals surface area contributed by atoms with E-state index in [1.807, 2.05) is 0 Å². The van der Waals surface area contributed by atoms with Crippen LogP contribution in [0.5, 0.6) is 0 Å². The monoisotopic (exact) mass is 233 g/mol. The molecule has 4 nitrogen and oxygen atoms in total. The predicted octanol–water partition coefficient (Wildman–Crippen LogP) is 1.31. The molecule has 1 heterocycles. The Kier molecular flexibility index (Phi) is 4.82. The van der Waals surface area contributed by atoms with Crippen LogP contribution in [-0.2, 0) is 10.8 Å². The van der Waals surface area contributed by atoms with Gasteiger partial charge in [0.15, 0.2) is 11.0 Å². The van der Waals surface area contributed by atoms with E-state index in [9.17, 15) is 4.21 Å². The molecule has 0 spiro atoms. The maximum Gasteiger partial charge on any atom is 0.171 e. The molecule has 0 fully saturated rings. The zero-order valence-corrected chi connectivity index (χ0v) is 9.44. The second-order valence-electron chi connectivity index (χ2n) is 2.75. The lowest BCUT2D eigenvalue weighted by atomic mass is 10.5. The van der Waals surface area contributed by atoms with E-state index < -0.39 is 10.8 Å². The lowest BCUT2D eigenvalue weighted by molar-refractivity contribution is 0.685. The third-order valence-electron chi connectivity index (χ3n) is 1.55. The summed E-state index contributed by atoms with van der Waals surface area (Å²) in [6.45, 7) is 0.706. The number of nitrogens with zero attached hydrogens (tertiary/aromatic N) is 2. The molecule has 1 aromatic heterocycles. The molecule has 1 aromatic rings. The molecule has 1 N–H and O–H groups in total. The molecule has 0 amide bonds. The normalized spacial score (nSPS) is 12.4. The Bertz CT molecular complexity index is 321. The minimum atomic E-state index is -0.738. The molecular formula is C8H12ClN3OS. The number of rotatable bonds is 5. The summed E-state index contributed by atoms with van der Waals surface area (Å²) in [4.78, 5) is 7.89. The van der Waals surface area contributed by atoms with Crippen LogP contribution in [0.25, 0.3) is 0 Å². The molecule has 0 radical (unpaired) electrons. The Labute approximate surface area is 90.6 Å². The topological polar surface area (TPSA) is 54.9 Å². The molecule has 0 bridgehead atoms. The van der Waals surface area contributed by atoms with Crippen LogP contribution in [0.1, 0.15) is 6.42 Å². The summed E-state index contributed by atoms with van der Waals surface area (Å²) in [7, 11) is -0.738. The third kappa shape index (κ3) is 4.02. The summed E-state index contributed by atoms with van der Waals surface area (Å²) in [6.07, 6.45) is 5.63. The molecule has 1 unspecified atom stereocenters. The van der Waals surface area contributed by atoms with Crippen molar-refractivity contribution in [3.63, 3.8) is 0 Å². The van der Waals surface area contributed by atoms with Crippen LogP contribution in [0.2, 0.25) is 5.15 Å². The summed E-state index contributed by atoms with van der Waals surface area (Å²) in [5.41, 5.74) is 0. The molecule has 14 heavy (non-hydrogen) atoms. The molecule has 0 aromatic carbocycles. The van der Waals surface area contributed by atoms with Gasteiger partial charge in [-0.2, -0.15) is 0 Å². The quantitative estimate of drug-likeness (QED) is 0.780. The van der Waals surface area contributed by atoms with Gasteiger partial charge in [0, 0.05) is 41.7 Å². The molecule has 0 saturated carbocycles. The van der Waals surface area contributed by atoms with Crippen LogP contribution in [0, 0.1) is 0 Å². The highest BCUT2D eigenvalue weighted by Gasteiger charge is 2.00. The largest absolute Gasteiger partial charge is 0.367 e. The smallest absolute Gasteiger partial charge is 0.171 e. The van der Waals surface area contributed by atoms with Crippen molar-refractivity contribution in [3.05, 3.63) is 17.5 Å². The number of aromatic nitrogens is 2. The third-order valence-corrected chi connectivity index (χ3v) is 2.69. The standard InChI is InChI=1S/C8H12ClN3OS/c1-14(13)6-2-3-11-8-7(9)10-4-5-12-8/h4-5H,2-3,6H2,1H3,(H,11,12). The van der Waals surface area contributed by atoms with E-state index in [4.69, 9.17) is 11.6 Å². The van der Waals surface area contributed by atoms with Crippen molar-refractivity contribution < 1.29 is 4.21 Å². The van der Waals surface area contributed by atoms with Gasteiger partial charge in [0.2, 0.25) is 0 Å². The van der Waals surface area contributed by atoms with Gasteiger partial charge in [-0.3, -0.25) is 4.21 Å². The minimum absolute atomic E-state index is 0.366. The number of nitrogens with one attached hydrogen (secondary N) is 1. The Morgan fingerprint density at radius 1 is 1.50 bits per heavy atom. The van der Waals surface area contributed by atoms with Gasteiger partial charge in [-0.1, -0.05) is 11.6 Å². The van der Waals surface area contributed by atoms with Gasteiger partial charge in [-0.25, -0.2) is 9.97 Å². The van der Waals surface area contributed by atoms with E-state index in [1.54, 1.807) is 12.5 Å². The first-order valence-corrected chi connectivity index (χ1v) is 6.31. The van der Waals surface area contributed by atoms with Gasteiger partial charge in [0.25, 0.3) is 0 Å². The van der Waals surface area contributed by atoms with Gasteiger partial charge in [0.1, 0.15) is 0 Å². The van der Waals surface area contributed by atoms with Gasteiger partial charge < -0.3 is 5.32 Å². The summed E-state index contributed by atoms with van der Waals surface area (Å²) in [5, 5.41) is 3.39. The molecule has 1 atom stereocenters. The number of hydrogen-bond acceptors (Lipinski definition) is 4. The van der Waals surface area contributed by atoms with Crippen LogP contribution >= 0.6 is 11.6 Å². The van der Waals surface area contributed by atoms with E-state index in [1.165, 1.54) is 6.20 Å². The zero-order valence-electron chi connectivity index (χ0n) is 7.86. The van der Waals surface area contributed by atoms with E-state index in [-0.39, 0.29) is 0 Å².